The van der Waals surface area contributed by atoms with Gasteiger partial charge in [0.05, 0.1) is 12.2 Å². The van der Waals surface area contributed by atoms with Crippen molar-refractivity contribution in [3.05, 3.63) is 11.9 Å². The van der Waals surface area contributed by atoms with Gasteiger partial charge < -0.3 is 16.0 Å². The molecule has 0 amide bonds. The Morgan fingerprint density at radius 3 is 2.67 bits per heavy atom. The van der Waals surface area contributed by atoms with E-state index in [1.165, 1.54) is 6.20 Å². The Bertz CT molecular complexity index is 160. The quantitative estimate of drug-likeness (QED) is 0.554. The Morgan fingerprint density at radius 1 is 1.58 bits per heavy atom. The average molecular weight is 170 g/mol. The van der Waals surface area contributed by atoms with Gasteiger partial charge >= 0.3 is 0 Å². The van der Waals surface area contributed by atoms with E-state index in [9.17, 15) is 0 Å². The predicted molar refractivity (Wildman–Crippen MR) is 53.2 cm³/mol. The first-order valence-electron chi connectivity index (χ1n) is 3.95. The van der Waals surface area contributed by atoms with Crippen molar-refractivity contribution >= 4 is 6.21 Å². The van der Waals surface area contributed by atoms with Crippen molar-refractivity contribution in [3.8, 4) is 0 Å². The van der Waals surface area contributed by atoms with Crippen LogP contribution in [0.15, 0.2) is 16.9 Å². The van der Waals surface area contributed by atoms with E-state index in [1.807, 2.05) is 21.1 Å². The molecule has 0 aliphatic carbocycles. The molecule has 3 N–H and O–H groups in total. The fourth-order valence-corrected chi connectivity index (χ4v) is 0.612. The van der Waals surface area contributed by atoms with Crippen LogP contribution in [0.1, 0.15) is 0 Å². The molecule has 12 heavy (non-hydrogen) atoms. The molecule has 0 unspecified atom stereocenters. The van der Waals surface area contributed by atoms with E-state index in [-0.39, 0.29) is 0 Å². The largest absolute Gasteiger partial charge is 0.403 e. The summed E-state index contributed by atoms with van der Waals surface area (Å²) in [7, 11) is 5.86. The first-order chi connectivity index (χ1) is 5.70. The number of nitrogens with one attached hydrogen (secondary N) is 1. The third-order valence-corrected chi connectivity index (χ3v) is 1.37. The van der Waals surface area contributed by atoms with Crippen LogP contribution >= 0.6 is 0 Å². The second kappa shape index (κ2) is 6.67. The van der Waals surface area contributed by atoms with E-state index in [0.717, 1.165) is 18.8 Å². The number of hydrogen-bond donors (Lipinski definition) is 2. The maximum atomic E-state index is 5.30. The summed E-state index contributed by atoms with van der Waals surface area (Å²) in [6, 6.07) is 0. The van der Waals surface area contributed by atoms with Gasteiger partial charge in [-0.25, -0.2) is 0 Å². The molecule has 0 aromatic carbocycles. The number of hydrogen-bond acceptors (Lipinski definition) is 4. The van der Waals surface area contributed by atoms with E-state index in [0.29, 0.717) is 0 Å². The van der Waals surface area contributed by atoms with Crippen LogP contribution in [0.4, 0.5) is 0 Å². The number of likely N-dealkylation sites (N-methyl/N-ethyl adjacent to an activating group) is 1. The zero-order chi connectivity index (χ0) is 9.40. The van der Waals surface area contributed by atoms with Crippen molar-refractivity contribution in [1.29, 1.82) is 0 Å². The lowest BCUT2D eigenvalue weighted by atomic mass is 10.5. The van der Waals surface area contributed by atoms with Gasteiger partial charge in [0.25, 0.3) is 0 Å². The highest BCUT2D eigenvalue weighted by Gasteiger charge is 1.87. The highest BCUT2D eigenvalue weighted by Crippen LogP contribution is 1.80. The number of nitrogens with two attached hydrogens (primary N) is 1. The Balaban J connectivity index is 3.61. The summed E-state index contributed by atoms with van der Waals surface area (Å²) in [6.45, 7) is 1.75. The first kappa shape index (κ1) is 11.0. The van der Waals surface area contributed by atoms with Crippen LogP contribution < -0.4 is 11.1 Å². The minimum Gasteiger partial charge on any atom is -0.403 e. The highest BCUT2D eigenvalue weighted by atomic mass is 15.1. The van der Waals surface area contributed by atoms with Gasteiger partial charge in [0.1, 0.15) is 0 Å². The molecule has 4 heteroatoms. The van der Waals surface area contributed by atoms with Gasteiger partial charge in [-0.1, -0.05) is 0 Å². The van der Waals surface area contributed by atoms with Crippen molar-refractivity contribution in [3.63, 3.8) is 0 Å². The number of allylic oxidation sites excluding steroid dienone is 1. The predicted octanol–water partition coefficient (Wildman–Crippen LogP) is -0.362. The van der Waals surface area contributed by atoms with Gasteiger partial charge in [-0.2, -0.15) is 0 Å². The molecule has 0 spiro atoms. The molecule has 0 saturated heterocycles. The summed E-state index contributed by atoms with van der Waals surface area (Å²) in [5, 5.41) is 2.91. The summed E-state index contributed by atoms with van der Waals surface area (Å²) in [5.41, 5.74) is 6.14. The Labute approximate surface area is 74.1 Å². The van der Waals surface area contributed by atoms with Crippen molar-refractivity contribution in [2.24, 2.45) is 10.7 Å². The van der Waals surface area contributed by atoms with Gasteiger partial charge in [0.15, 0.2) is 0 Å². The Kier molecular flexibility index (Phi) is 6.09. The lowest BCUT2D eigenvalue weighted by Crippen LogP contribution is -2.16. The molecule has 0 heterocycles. The molecular weight excluding hydrogens is 152 g/mol. The third-order valence-electron chi connectivity index (χ3n) is 1.37. The van der Waals surface area contributed by atoms with Gasteiger partial charge in [0.2, 0.25) is 0 Å². The molecule has 0 aliphatic rings. The molecule has 4 nitrogen and oxygen atoms in total. The molecule has 0 rings (SSSR count). The molecule has 0 radical (unpaired) electrons. The molecule has 0 aromatic rings. The summed E-state index contributed by atoms with van der Waals surface area (Å²) in [6.07, 6.45) is 3.24. The van der Waals surface area contributed by atoms with Crippen LogP contribution in [0.3, 0.4) is 0 Å². The number of aliphatic imine (C=N–C) groups is 1. The maximum absolute atomic E-state index is 5.30. The van der Waals surface area contributed by atoms with E-state index < -0.39 is 0 Å². The second-order valence-corrected chi connectivity index (χ2v) is 2.71. The fourth-order valence-electron chi connectivity index (χ4n) is 0.612. The lowest BCUT2D eigenvalue weighted by molar-refractivity contribution is 0.421. The molecule has 0 saturated carbocycles. The minimum atomic E-state index is 0.798. The van der Waals surface area contributed by atoms with Crippen LogP contribution in [0, 0.1) is 0 Å². The molecule has 70 valence electrons. The van der Waals surface area contributed by atoms with Crippen LogP contribution in [0.2, 0.25) is 0 Å². The summed E-state index contributed by atoms with van der Waals surface area (Å²) in [5.74, 6) is 0. The highest BCUT2D eigenvalue weighted by molar-refractivity contribution is 5.77. The van der Waals surface area contributed by atoms with Gasteiger partial charge in [-0.3, -0.25) is 4.99 Å². The van der Waals surface area contributed by atoms with Gasteiger partial charge in [0, 0.05) is 26.0 Å². The Hall–Kier alpha value is -1.03. The Morgan fingerprint density at radius 2 is 2.25 bits per heavy atom. The first-order valence-corrected chi connectivity index (χ1v) is 3.95. The molecule has 0 fully saturated rings. The monoisotopic (exact) mass is 170 g/mol. The number of rotatable bonds is 5. The SMILES string of the molecule is CN/C(C=NCCN(C)C)=C/N. The fraction of sp³-hybridized carbons (Fsp3) is 0.625. The standard InChI is InChI=1S/C8H18N4/c1-10-8(6-9)7-11-4-5-12(2)3/h6-7,10H,4-5,9H2,1-3H3/b8-6+,11-7?. The van der Waals surface area contributed by atoms with Crippen LogP contribution in [-0.2, 0) is 0 Å². The molecular formula is C8H18N4. The van der Waals surface area contributed by atoms with E-state index in [4.69, 9.17) is 5.73 Å². The molecule has 0 atom stereocenters. The van der Waals surface area contributed by atoms with Crippen molar-refractivity contribution in [2.45, 2.75) is 0 Å². The second-order valence-electron chi connectivity index (χ2n) is 2.71. The zero-order valence-electron chi connectivity index (χ0n) is 8.04. The van der Waals surface area contributed by atoms with E-state index in [2.05, 4.69) is 15.2 Å². The van der Waals surface area contributed by atoms with Crippen molar-refractivity contribution in [2.75, 3.05) is 34.2 Å². The van der Waals surface area contributed by atoms with Crippen molar-refractivity contribution in [1.82, 2.24) is 10.2 Å². The van der Waals surface area contributed by atoms with Crippen LogP contribution in [-0.4, -0.2) is 45.3 Å². The summed E-state index contributed by atoms with van der Waals surface area (Å²) in [4.78, 5) is 6.26. The van der Waals surface area contributed by atoms with Crippen LogP contribution in [0.5, 0.6) is 0 Å². The molecule has 0 aliphatic heterocycles. The van der Waals surface area contributed by atoms with E-state index >= 15 is 0 Å². The van der Waals surface area contributed by atoms with Gasteiger partial charge in [-0.15, -0.1) is 0 Å². The van der Waals surface area contributed by atoms with Crippen molar-refractivity contribution < 1.29 is 0 Å². The molecule has 0 bridgehead atoms. The average Bonchev–Trinajstić information content (AvgIpc) is 2.04. The third kappa shape index (κ3) is 5.73. The minimum absolute atomic E-state index is 0.798. The normalized spacial score (nSPS) is 12.8. The topological polar surface area (TPSA) is 53.7 Å². The van der Waals surface area contributed by atoms with E-state index in [1.54, 1.807) is 6.21 Å². The van der Waals surface area contributed by atoms with Crippen LogP contribution in [0.25, 0.3) is 0 Å². The maximum Gasteiger partial charge on any atom is 0.0676 e. The van der Waals surface area contributed by atoms with Gasteiger partial charge in [-0.05, 0) is 14.1 Å². The summed E-state index contributed by atoms with van der Waals surface area (Å²) >= 11 is 0. The smallest absolute Gasteiger partial charge is 0.0676 e. The lowest BCUT2D eigenvalue weighted by Gasteiger charge is -2.05. The zero-order valence-corrected chi connectivity index (χ0v) is 8.04. The molecule has 0 aromatic heterocycles. The summed E-state index contributed by atoms with van der Waals surface area (Å²) < 4.78 is 0. The number of nitrogens with zero attached hydrogens (tertiary/aromatic N) is 2.